The van der Waals surface area contributed by atoms with Crippen LogP contribution in [0.3, 0.4) is 0 Å². The summed E-state index contributed by atoms with van der Waals surface area (Å²) >= 11 is 6.46. The average Bonchev–Trinajstić information content (AvgIpc) is 3.12. The van der Waals surface area contributed by atoms with Crippen LogP contribution in [-0.2, 0) is 9.47 Å². The molecule has 3 aromatic rings. The van der Waals surface area contributed by atoms with Crippen LogP contribution in [0.4, 0.5) is 4.79 Å². The SMILES string of the molecule is COC(=O)c1c[nH]c2cc(Cl)c(-c3ccc(OCCNC(=O)OC(C)(C)C)cc3)cc12. The zero-order valence-electron chi connectivity index (χ0n) is 17.9. The van der Waals surface area contributed by atoms with Crippen molar-refractivity contribution >= 4 is 34.6 Å². The Morgan fingerprint density at radius 3 is 2.48 bits per heavy atom. The maximum Gasteiger partial charge on any atom is 0.407 e. The summed E-state index contributed by atoms with van der Waals surface area (Å²) in [5, 5.41) is 3.94. The van der Waals surface area contributed by atoms with E-state index < -0.39 is 17.7 Å². The summed E-state index contributed by atoms with van der Waals surface area (Å²) < 4.78 is 15.7. The van der Waals surface area contributed by atoms with E-state index in [4.69, 9.17) is 25.8 Å². The number of esters is 1. The zero-order valence-corrected chi connectivity index (χ0v) is 18.6. The Bertz CT molecular complexity index is 1080. The van der Waals surface area contributed by atoms with Gasteiger partial charge in [-0.15, -0.1) is 0 Å². The Labute approximate surface area is 185 Å². The minimum atomic E-state index is -0.539. The van der Waals surface area contributed by atoms with Crippen LogP contribution in [0.2, 0.25) is 5.02 Å². The maximum atomic E-state index is 12.0. The maximum absolute atomic E-state index is 12.0. The van der Waals surface area contributed by atoms with Crippen molar-refractivity contribution in [3.63, 3.8) is 0 Å². The number of carbonyl (C=O) groups is 2. The van der Waals surface area contributed by atoms with Crippen LogP contribution >= 0.6 is 11.6 Å². The highest BCUT2D eigenvalue weighted by Gasteiger charge is 2.16. The molecule has 31 heavy (non-hydrogen) atoms. The third-order valence-corrected chi connectivity index (χ3v) is 4.69. The number of amides is 1. The summed E-state index contributed by atoms with van der Waals surface area (Å²) in [5.74, 6) is 0.243. The molecule has 0 aliphatic rings. The third kappa shape index (κ3) is 5.70. The van der Waals surface area contributed by atoms with Gasteiger partial charge in [0, 0.05) is 22.7 Å². The number of nitrogens with one attached hydrogen (secondary N) is 2. The highest BCUT2D eigenvalue weighted by atomic mass is 35.5. The molecule has 1 aromatic heterocycles. The van der Waals surface area contributed by atoms with E-state index >= 15 is 0 Å². The van der Waals surface area contributed by atoms with E-state index in [1.54, 1.807) is 33.0 Å². The second kappa shape index (κ2) is 9.31. The topological polar surface area (TPSA) is 89.7 Å². The van der Waals surface area contributed by atoms with Gasteiger partial charge in [-0.1, -0.05) is 23.7 Å². The van der Waals surface area contributed by atoms with E-state index in [1.165, 1.54) is 7.11 Å². The molecule has 164 valence electrons. The largest absolute Gasteiger partial charge is 0.492 e. The predicted molar refractivity (Wildman–Crippen MR) is 120 cm³/mol. The molecule has 0 fully saturated rings. The second-order valence-corrected chi connectivity index (χ2v) is 8.28. The second-order valence-electron chi connectivity index (χ2n) is 7.87. The van der Waals surface area contributed by atoms with E-state index in [0.29, 0.717) is 29.5 Å². The van der Waals surface area contributed by atoms with Gasteiger partial charge < -0.3 is 24.5 Å². The van der Waals surface area contributed by atoms with Crippen LogP contribution in [0.5, 0.6) is 5.75 Å². The molecule has 2 aromatic carbocycles. The minimum Gasteiger partial charge on any atom is -0.492 e. The first-order valence-electron chi connectivity index (χ1n) is 9.77. The van der Waals surface area contributed by atoms with Gasteiger partial charge in [-0.3, -0.25) is 0 Å². The van der Waals surface area contributed by atoms with Gasteiger partial charge in [0.2, 0.25) is 0 Å². The predicted octanol–water partition coefficient (Wildman–Crippen LogP) is 5.18. The molecule has 0 bridgehead atoms. The number of benzene rings is 2. The molecule has 1 amide bonds. The quantitative estimate of drug-likeness (QED) is 0.404. The van der Waals surface area contributed by atoms with Crippen molar-refractivity contribution < 1.29 is 23.8 Å². The van der Waals surface area contributed by atoms with Gasteiger partial charge in [-0.05, 0) is 50.6 Å². The highest BCUT2D eigenvalue weighted by Crippen LogP contribution is 2.34. The summed E-state index contributed by atoms with van der Waals surface area (Å²) in [6.45, 7) is 6.04. The summed E-state index contributed by atoms with van der Waals surface area (Å²) in [5.41, 5.74) is 2.34. The Kier molecular flexibility index (Phi) is 6.75. The number of carbonyl (C=O) groups excluding carboxylic acids is 2. The normalized spacial score (nSPS) is 11.3. The van der Waals surface area contributed by atoms with Crippen molar-refractivity contribution in [2.45, 2.75) is 26.4 Å². The molecule has 8 heteroatoms. The van der Waals surface area contributed by atoms with Crippen molar-refractivity contribution in [1.82, 2.24) is 10.3 Å². The number of hydrogen-bond donors (Lipinski definition) is 2. The van der Waals surface area contributed by atoms with Crippen molar-refractivity contribution in [3.05, 3.63) is 53.2 Å². The van der Waals surface area contributed by atoms with Gasteiger partial charge in [0.1, 0.15) is 18.0 Å². The monoisotopic (exact) mass is 444 g/mol. The summed E-state index contributed by atoms with van der Waals surface area (Å²) in [7, 11) is 1.35. The van der Waals surface area contributed by atoms with Crippen molar-refractivity contribution in [2.75, 3.05) is 20.3 Å². The van der Waals surface area contributed by atoms with Crippen molar-refractivity contribution in [2.24, 2.45) is 0 Å². The fraction of sp³-hybridized carbons (Fsp3) is 0.304. The third-order valence-electron chi connectivity index (χ3n) is 4.38. The number of alkyl carbamates (subject to hydrolysis) is 1. The van der Waals surface area contributed by atoms with Crippen LogP contribution < -0.4 is 10.1 Å². The van der Waals surface area contributed by atoms with Gasteiger partial charge in [-0.25, -0.2) is 9.59 Å². The fourth-order valence-corrected chi connectivity index (χ4v) is 3.28. The van der Waals surface area contributed by atoms with Gasteiger partial charge in [0.15, 0.2) is 0 Å². The van der Waals surface area contributed by atoms with E-state index in [1.807, 2.05) is 30.3 Å². The Balaban J connectivity index is 1.66. The zero-order chi connectivity index (χ0) is 22.6. The Hall–Kier alpha value is -3.19. The van der Waals surface area contributed by atoms with Crippen molar-refractivity contribution in [3.8, 4) is 16.9 Å². The molecule has 0 radical (unpaired) electrons. The van der Waals surface area contributed by atoms with Crippen molar-refractivity contribution in [1.29, 1.82) is 0 Å². The first kappa shape index (κ1) is 22.5. The van der Waals surface area contributed by atoms with Gasteiger partial charge in [-0.2, -0.15) is 0 Å². The molecule has 0 saturated carbocycles. The number of aromatic amines is 1. The molecule has 0 aliphatic carbocycles. The Morgan fingerprint density at radius 1 is 1.13 bits per heavy atom. The highest BCUT2D eigenvalue weighted by molar-refractivity contribution is 6.34. The van der Waals surface area contributed by atoms with Crippen LogP contribution in [0.25, 0.3) is 22.0 Å². The molecule has 0 aliphatic heterocycles. The lowest BCUT2D eigenvalue weighted by molar-refractivity contribution is 0.0519. The molecular weight excluding hydrogens is 420 g/mol. The molecule has 0 spiro atoms. The van der Waals surface area contributed by atoms with Crippen LogP contribution in [0.1, 0.15) is 31.1 Å². The fourth-order valence-electron chi connectivity index (χ4n) is 3.01. The molecule has 0 atom stereocenters. The number of H-pyrrole nitrogens is 1. The molecule has 7 nitrogen and oxygen atoms in total. The smallest absolute Gasteiger partial charge is 0.407 e. The van der Waals surface area contributed by atoms with E-state index in [-0.39, 0.29) is 0 Å². The molecule has 0 unspecified atom stereocenters. The van der Waals surface area contributed by atoms with Crippen LogP contribution in [0, 0.1) is 0 Å². The minimum absolute atomic E-state index is 0.303. The number of fused-ring (bicyclic) bond motifs is 1. The molecule has 3 rings (SSSR count). The summed E-state index contributed by atoms with van der Waals surface area (Å²) in [6.07, 6.45) is 1.13. The van der Waals surface area contributed by atoms with Crippen LogP contribution in [0.15, 0.2) is 42.6 Å². The van der Waals surface area contributed by atoms with Crippen LogP contribution in [-0.4, -0.2) is 42.9 Å². The molecule has 2 N–H and O–H groups in total. The first-order chi connectivity index (χ1) is 14.7. The van der Waals surface area contributed by atoms with Gasteiger partial charge >= 0.3 is 12.1 Å². The van der Waals surface area contributed by atoms with Gasteiger partial charge in [0.25, 0.3) is 0 Å². The number of halogens is 1. The lowest BCUT2D eigenvalue weighted by Gasteiger charge is -2.19. The average molecular weight is 445 g/mol. The lowest BCUT2D eigenvalue weighted by atomic mass is 10.0. The van der Waals surface area contributed by atoms with E-state index in [9.17, 15) is 9.59 Å². The number of hydrogen-bond acceptors (Lipinski definition) is 5. The van der Waals surface area contributed by atoms with E-state index in [0.717, 1.165) is 22.0 Å². The molecular formula is C23H25ClN2O5. The number of rotatable bonds is 6. The van der Waals surface area contributed by atoms with Gasteiger partial charge in [0.05, 0.1) is 24.2 Å². The summed E-state index contributed by atoms with van der Waals surface area (Å²) in [6, 6.07) is 11.1. The lowest BCUT2D eigenvalue weighted by Crippen LogP contribution is -2.34. The molecule has 1 heterocycles. The molecule has 0 saturated heterocycles. The number of aromatic nitrogens is 1. The van der Waals surface area contributed by atoms with E-state index in [2.05, 4.69) is 10.3 Å². The Morgan fingerprint density at radius 2 is 1.84 bits per heavy atom. The first-order valence-corrected chi connectivity index (χ1v) is 10.1. The summed E-state index contributed by atoms with van der Waals surface area (Å²) in [4.78, 5) is 26.6. The standard InChI is InChI=1S/C23H25ClN2O5/c1-23(2,3)31-22(28)25-9-10-30-15-7-5-14(6-8-15)16-11-17-18(21(27)29-4)13-26-20(17)12-19(16)24/h5-8,11-13,26H,9-10H2,1-4H3,(H,25,28). The number of ether oxygens (including phenoxy) is 3. The number of methoxy groups -OCH3 is 1.